The van der Waals surface area contributed by atoms with Crippen LogP contribution >= 0.6 is 0 Å². The molecule has 0 aromatic heterocycles. The number of aliphatic hydroxyl groups excluding tert-OH is 1. The first-order valence-corrected chi connectivity index (χ1v) is 8.62. The summed E-state index contributed by atoms with van der Waals surface area (Å²) in [5.41, 5.74) is 0.107. The minimum absolute atomic E-state index is 0.000950. The molecule has 0 saturated heterocycles. The Kier molecular flexibility index (Phi) is 5.49. The second-order valence-corrected chi connectivity index (χ2v) is 6.08. The van der Waals surface area contributed by atoms with E-state index in [0.717, 1.165) is 30.7 Å². The van der Waals surface area contributed by atoms with Gasteiger partial charge in [0.15, 0.2) is 5.76 Å². The van der Waals surface area contributed by atoms with Crippen LogP contribution in [0.3, 0.4) is 0 Å². The molecule has 0 saturated carbocycles. The highest BCUT2D eigenvalue weighted by Gasteiger charge is 2.40. The standard InChI is InChI=1S/C20H16F3NO5/c1-2-11-28-14-7-3-12(4-8-14)16-17(25)19(27)24(18(16)26)13-5-9-15(10-6-13)29-20(21,22)23/h3-10,25H,2,11H2,1H3. The van der Waals surface area contributed by atoms with Crippen LogP contribution in [0.15, 0.2) is 54.3 Å². The molecule has 2 aromatic rings. The van der Waals surface area contributed by atoms with E-state index < -0.39 is 29.7 Å². The lowest BCUT2D eigenvalue weighted by Gasteiger charge is -2.15. The molecule has 1 N–H and O–H groups in total. The van der Waals surface area contributed by atoms with Crippen molar-refractivity contribution < 1.29 is 37.3 Å². The summed E-state index contributed by atoms with van der Waals surface area (Å²) >= 11 is 0. The summed E-state index contributed by atoms with van der Waals surface area (Å²) in [4.78, 5) is 25.8. The van der Waals surface area contributed by atoms with Gasteiger partial charge in [0.25, 0.3) is 5.91 Å². The number of amides is 2. The molecule has 2 amide bonds. The molecule has 152 valence electrons. The molecule has 0 spiro atoms. The lowest BCUT2D eigenvalue weighted by Crippen LogP contribution is -2.31. The van der Waals surface area contributed by atoms with Crippen molar-refractivity contribution in [1.29, 1.82) is 0 Å². The maximum absolute atomic E-state index is 12.7. The van der Waals surface area contributed by atoms with Crippen molar-refractivity contribution >= 4 is 23.1 Å². The molecule has 1 heterocycles. The van der Waals surface area contributed by atoms with Crippen LogP contribution in [0.4, 0.5) is 18.9 Å². The first kappa shape index (κ1) is 20.2. The van der Waals surface area contributed by atoms with Crippen molar-refractivity contribution in [2.45, 2.75) is 19.7 Å². The van der Waals surface area contributed by atoms with Crippen LogP contribution in [0, 0.1) is 0 Å². The number of ether oxygens (including phenoxy) is 2. The number of benzene rings is 2. The molecule has 0 fully saturated rings. The first-order valence-electron chi connectivity index (χ1n) is 8.62. The Hall–Kier alpha value is -3.49. The summed E-state index contributed by atoms with van der Waals surface area (Å²) in [6, 6.07) is 10.5. The zero-order valence-corrected chi connectivity index (χ0v) is 15.2. The number of carbonyl (C=O) groups is 2. The number of nitrogens with zero attached hydrogens (tertiary/aromatic N) is 1. The Morgan fingerprint density at radius 3 is 2.07 bits per heavy atom. The number of carbonyl (C=O) groups excluding carboxylic acids is 2. The van der Waals surface area contributed by atoms with Crippen molar-refractivity contribution in [3.8, 4) is 11.5 Å². The Labute approximate surface area is 163 Å². The van der Waals surface area contributed by atoms with E-state index in [9.17, 15) is 27.9 Å². The SMILES string of the molecule is CCCOc1ccc(C2=C(O)C(=O)N(c3ccc(OC(F)(F)F)cc3)C2=O)cc1. The molecule has 2 aromatic carbocycles. The van der Waals surface area contributed by atoms with Crippen LogP contribution in [0.1, 0.15) is 18.9 Å². The van der Waals surface area contributed by atoms with Gasteiger partial charge in [-0.3, -0.25) is 9.59 Å². The highest BCUT2D eigenvalue weighted by Crippen LogP contribution is 2.34. The molecule has 1 aliphatic heterocycles. The van der Waals surface area contributed by atoms with E-state index in [4.69, 9.17) is 4.74 Å². The van der Waals surface area contributed by atoms with Crippen LogP contribution in [-0.2, 0) is 9.59 Å². The van der Waals surface area contributed by atoms with Crippen molar-refractivity contribution in [3.05, 3.63) is 59.9 Å². The number of rotatable bonds is 6. The van der Waals surface area contributed by atoms with E-state index in [0.29, 0.717) is 22.8 Å². The third-order valence-corrected chi connectivity index (χ3v) is 4.00. The second kappa shape index (κ2) is 7.86. The van der Waals surface area contributed by atoms with E-state index in [1.54, 1.807) is 12.1 Å². The highest BCUT2D eigenvalue weighted by molar-refractivity contribution is 6.44. The number of halogens is 3. The van der Waals surface area contributed by atoms with E-state index in [1.807, 2.05) is 6.92 Å². The molecule has 0 unspecified atom stereocenters. The van der Waals surface area contributed by atoms with E-state index in [1.165, 1.54) is 12.1 Å². The molecule has 0 atom stereocenters. The zero-order chi connectivity index (χ0) is 21.2. The van der Waals surface area contributed by atoms with Crippen molar-refractivity contribution in [2.75, 3.05) is 11.5 Å². The molecule has 3 rings (SSSR count). The topological polar surface area (TPSA) is 76.1 Å². The van der Waals surface area contributed by atoms with Gasteiger partial charge in [0.2, 0.25) is 0 Å². The molecular formula is C20H16F3NO5. The summed E-state index contributed by atoms with van der Waals surface area (Å²) in [6.07, 6.45) is -4.04. The molecule has 29 heavy (non-hydrogen) atoms. The van der Waals surface area contributed by atoms with Gasteiger partial charge < -0.3 is 14.6 Å². The minimum atomic E-state index is -4.86. The smallest absolute Gasteiger partial charge is 0.502 e. The predicted octanol–water partition coefficient (Wildman–Crippen LogP) is 4.22. The van der Waals surface area contributed by atoms with Crippen LogP contribution < -0.4 is 14.4 Å². The fourth-order valence-corrected chi connectivity index (χ4v) is 2.75. The average Bonchev–Trinajstić information content (AvgIpc) is 2.89. The first-order chi connectivity index (χ1) is 13.7. The maximum atomic E-state index is 12.7. The summed E-state index contributed by atoms with van der Waals surface area (Å²) < 4.78 is 46.0. The van der Waals surface area contributed by atoms with Gasteiger partial charge in [-0.15, -0.1) is 13.2 Å². The van der Waals surface area contributed by atoms with Gasteiger partial charge in [-0.2, -0.15) is 0 Å². The summed E-state index contributed by atoms with van der Waals surface area (Å²) in [5.74, 6) is -2.43. The van der Waals surface area contributed by atoms with E-state index in [2.05, 4.69) is 4.74 Å². The molecule has 0 aliphatic carbocycles. The van der Waals surface area contributed by atoms with Crippen molar-refractivity contribution in [2.24, 2.45) is 0 Å². The van der Waals surface area contributed by atoms with Crippen LogP contribution in [0.25, 0.3) is 5.57 Å². The van der Waals surface area contributed by atoms with Gasteiger partial charge in [0, 0.05) is 0 Å². The fourth-order valence-electron chi connectivity index (χ4n) is 2.75. The highest BCUT2D eigenvalue weighted by atomic mass is 19.4. The van der Waals surface area contributed by atoms with E-state index >= 15 is 0 Å². The minimum Gasteiger partial charge on any atom is -0.502 e. The average molecular weight is 407 g/mol. The Balaban J connectivity index is 1.83. The number of anilines is 1. The third-order valence-electron chi connectivity index (χ3n) is 4.00. The zero-order valence-electron chi connectivity index (χ0n) is 15.2. The fraction of sp³-hybridized carbons (Fsp3) is 0.200. The number of hydrogen-bond donors (Lipinski definition) is 1. The van der Waals surface area contributed by atoms with E-state index in [-0.39, 0.29) is 11.3 Å². The largest absolute Gasteiger partial charge is 0.573 e. The molecule has 0 radical (unpaired) electrons. The molecule has 9 heteroatoms. The lowest BCUT2D eigenvalue weighted by atomic mass is 10.1. The second-order valence-electron chi connectivity index (χ2n) is 6.08. The van der Waals surface area contributed by atoms with Crippen molar-refractivity contribution in [1.82, 2.24) is 0 Å². The molecule has 6 nitrogen and oxygen atoms in total. The van der Waals surface area contributed by atoms with Gasteiger partial charge in [-0.05, 0) is 48.4 Å². The number of imide groups is 1. The molecule has 0 bridgehead atoms. The lowest BCUT2D eigenvalue weighted by molar-refractivity contribution is -0.274. The Morgan fingerprint density at radius 2 is 1.52 bits per heavy atom. The Bertz CT molecular complexity index is 950. The number of alkyl halides is 3. The van der Waals surface area contributed by atoms with Crippen LogP contribution in [0.2, 0.25) is 0 Å². The summed E-state index contributed by atoms with van der Waals surface area (Å²) in [5, 5.41) is 10.2. The predicted molar refractivity (Wildman–Crippen MR) is 97.4 cm³/mol. The number of aliphatic hydroxyl groups is 1. The van der Waals surface area contributed by atoms with Gasteiger partial charge >= 0.3 is 12.3 Å². The van der Waals surface area contributed by atoms with Gasteiger partial charge in [-0.1, -0.05) is 19.1 Å². The Morgan fingerprint density at radius 1 is 0.931 bits per heavy atom. The number of hydrogen-bond acceptors (Lipinski definition) is 5. The van der Waals surface area contributed by atoms with Gasteiger partial charge in [0.1, 0.15) is 11.5 Å². The quantitative estimate of drug-likeness (QED) is 0.726. The van der Waals surface area contributed by atoms with Gasteiger partial charge in [0.05, 0.1) is 17.9 Å². The summed E-state index contributed by atoms with van der Waals surface area (Å²) in [6.45, 7) is 2.48. The molecule has 1 aliphatic rings. The maximum Gasteiger partial charge on any atom is 0.573 e. The molecular weight excluding hydrogens is 391 g/mol. The van der Waals surface area contributed by atoms with Crippen LogP contribution in [0.5, 0.6) is 11.5 Å². The van der Waals surface area contributed by atoms with Crippen molar-refractivity contribution in [3.63, 3.8) is 0 Å². The monoisotopic (exact) mass is 407 g/mol. The normalized spacial score (nSPS) is 14.6. The van der Waals surface area contributed by atoms with Crippen LogP contribution in [-0.4, -0.2) is 29.9 Å². The summed E-state index contributed by atoms with van der Waals surface area (Å²) in [7, 11) is 0. The van der Waals surface area contributed by atoms with Gasteiger partial charge in [-0.25, -0.2) is 4.90 Å². The third kappa shape index (κ3) is 4.34.